The smallest absolute Gasteiger partial charge is 0.280 e. The van der Waals surface area contributed by atoms with E-state index >= 15 is 0 Å². The van der Waals surface area contributed by atoms with Crippen LogP contribution in [0.25, 0.3) is 17.4 Å². The predicted molar refractivity (Wildman–Crippen MR) is 122 cm³/mol. The van der Waals surface area contributed by atoms with Crippen molar-refractivity contribution >= 4 is 51.7 Å². The zero-order valence-corrected chi connectivity index (χ0v) is 17.8. The second-order valence-corrected chi connectivity index (χ2v) is 8.51. The van der Waals surface area contributed by atoms with Crippen LogP contribution in [0.15, 0.2) is 63.9 Å². The van der Waals surface area contributed by atoms with Crippen LogP contribution in [0.3, 0.4) is 0 Å². The van der Waals surface area contributed by atoms with E-state index in [0.717, 1.165) is 11.1 Å². The van der Waals surface area contributed by atoms with Crippen LogP contribution in [0.5, 0.6) is 0 Å². The molecule has 1 aliphatic heterocycles. The molecule has 0 saturated carbocycles. The SMILES string of the molecule is Cc1ccc(N2C(=O)/C(=C/c3ccc(-c4ccc(C)cc4[N+](=O)[O-])o3)SC2=S)cc1. The third-order valence-corrected chi connectivity index (χ3v) is 5.90. The summed E-state index contributed by atoms with van der Waals surface area (Å²) in [5.74, 6) is 0.555. The molecule has 30 heavy (non-hydrogen) atoms. The third kappa shape index (κ3) is 3.79. The molecule has 2 aromatic carbocycles. The zero-order chi connectivity index (χ0) is 21.4. The molecule has 0 aliphatic carbocycles. The molecule has 1 aliphatic rings. The summed E-state index contributed by atoms with van der Waals surface area (Å²) in [6, 6.07) is 15.8. The molecule has 2 heterocycles. The second-order valence-electron chi connectivity index (χ2n) is 6.83. The minimum absolute atomic E-state index is 0.0263. The Bertz CT molecular complexity index is 1210. The van der Waals surface area contributed by atoms with Gasteiger partial charge in [-0.3, -0.25) is 19.8 Å². The number of benzene rings is 2. The number of rotatable bonds is 4. The van der Waals surface area contributed by atoms with Crippen LogP contribution < -0.4 is 4.90 Å². The summed E-state index contributed by atoms with van der Waals surface area (Å²) in [6.07, 6.45) is 1.61. The number of hydrogen-bond acceptors (Lipinski definition) is 6. The molecule has 0 bridgehead atoms. The molecule has 0 radical (unpaired) electrons. The molecule has 0 N–H and O–H groups in total. The van der Waals surface area contributed by atoms with Gasteiger partial charge in [0.2, 0.25) is 0 Å². The van der Waals surface area contributed by atoms with Crippen molar-refractivity contribution in [2.75, 3.05) is 4.90 Å². The van der Waals surface area contributed by atoms with Crippen LogP contribution in [0.1, 0.15) is 16.9 Å². The van der Waals surface area contributed by atoms with Crippen LogP contribution in [-0.4, -0.2) is 15.2 Å². The molecule has 1 saturated heterocycles. The zero-order valence-electron chi connectivity index (χ0n) is 16.1. The van der Waals surface area contributed by atoms with Crippen molar-refractivity contribution in [1.29, 1.82) is 0 Å². The predicted octanol–water partition coefficient (Wildman–Crippen LogP) is 5.88. The van der Waals surface area contributed by atoms with E-state index in [0.29, 0.717) is 32.0 Å². The third-order valence-electron chi connectivity index (χ3n) is 4.60. The summed E-state index contributed by atoms with van der Waals surface area (Å²) in [4.78, 5) is 25.8. The van der Waals surface area contributed by atoms with Crippen LogP contribution in [0.2, 0.25) is 0 Å². The van der Waals surface area contributed by atoms with E-state index in [1.54, 1.807) is 37.3 Å². The summed E-state index contributed by atoms with van der Waals surface area (Å²) in [5.41, 5.74) is 2.95. The molecule has 4 rings (SSSR count). The first-order chi connectivity index (χ1) is 14.3. The number of hydrogen-bond donors (Lipinski definition) is 0. The number of carbonyl (C=O) groups excluding carboxylic acids is 1. The van der Waals surface area contributed by atoms with E-state index in [-0.39, 0.29) is 11.6 Å². The molecule has 1 aromatic heterocycles. The number of thiocarbonyl (C=S) groups is 1. The highest BCUT2D eigenvalue weighted by molar-refractivity contribution is 8.27. The molecule has 6 nitrogen and oxygen atoms in total. The molecule has 1 fully saturated rings. The van der Waals surface area contributed by atoms with Crippen LogP contribution >= 0.6 is 24.0 Å². The number of nitrogens with zero attached hydrogens (tertiary/aromatic N) is 2. The summed E-state index contributed by atoms with van der Waals surface area (Å²) in [5, 5.41) is 11.4. The van der Waals surface area contributed by atoms with Gasteiger partial charge in [0.25, 0.3) is 11.6 Å². The van der Waals surface area contributed by atoms with Crippen molar-refractivity contribution in [3.8, 4) is 11.3 Å². The Morgan fingerprint density at radius 1 is 1.07 bits per heavy atom. The van der Waals surface area contributed by atoms with Gasteiger partial charge in [-0.25, -0.2) is 0 Å². The molecule has 1 amide bonds. The fraction of sp³-hybridized carbons (Fsp3) is 0.0909. The van der Waals surface area contributed by atoms with E-state index in [9.17, 15) is 14.9 Å². The quantitative estimate of drug-likeness (QED) is 0.220. The lowest BCUT2D eigenvalue weighted by Crippen LogP contribution is -2.27. The van der Waals surface area contributed by atoms with E-state index in [4.69, 9.17) is 16.6 Å². The van der Waals surface area contributed by atoms with Gasteiger partial charge in [0.05, 0.1) is 21.1 Å². The molecule has 0 spiro atoms. The van der Waals surface area contributed by atoms with Crippen molar-refractivity contribution in [1.82, 2.24) is 0 Å². The Balaban J connectivity index is 1.64. The van der Waals surface area contributed by atoms with Crippen molar-refractivity contribution in [3.63, 3.8) is 0 Å². The van der Waals surface area contributed by atoms with Gasteiger partial charge in [0, 0.05) is 12.1 Å². The minimum Gasteiger partial charge on any atom is -0.456 e. The highest BCUT2D eigenvalue weighted by atomic mass is 32.2. The lowest BCUT2D eigenvalue weighted by Gasteiger charge is -2.14. The van der Waals surface area contributed by atoms with Gasteiger partial charge < -0.3 is 4.42 Å². The van der Waals surface area contributed by atoms with Gasteiger partial charge in [-0.05, 0) is 49.7 Å². The Morgan fingerprint density at radius 3 is 2.47 bits per heavy atom. The molecule has 0 atom stereocenters. The molecule has 8 heteroatoms. The summed E-state index contributed by atoms with van der Waals surface area (Å²) >= 11 is 6.58. The standard InChI is InChI=1S/C22H16N2O4S2/c1-13-3-6-15(7-4-13)23-21(25)20(30-22(23)29)12-16-8-10-19(28-16)17-9-5-14(2)11-18(17)24(26)27/h3-12H,1-2H3/b20-12-. The van der Waals surface area contributed by atoms with E-state index in [1.165, 1.54) is 22.7 Å². The van der Waals surface area contributed by atoms with Crippen LogP contribution in [0, 0.1) is 24.0 Å². The summed E-state index contributed by atoms with van der Waals surface area (Å²) < 4.78 is 6.24. The van der Waals surface area contributed by atoms with Gasteiger partial charge in [-0.1, -0.05) is 47.7 Å². The van der Waals surface area contributed by atoms with Gasteiger partial charge in [-0.2, -0.15) is 0 Å². The van der Waals surface area contributed by atoms with Crippen LogP contribution in [0.4, 0.5) is 11.4 Å². The fourth-order valence-corrected chi connectivity index (χ4v) is 4.37. The minimum atomic E-state index is -0.433. The average Bonchev–Trinajstić information content (AvgIpc) is 3.27. The first-order valence-electron chi connectivity index (χ1n) is 9.03. The van der Waals surface area contributed by atoms with Crippen molar-refractivity contribution in [2.45, 2.75) is 13.8 Å². The largest absolute Gasteiger partial charge is 0.456 e. The Kier molecular flexibility index (Phi) is 5.27. The summed E-state index contributed by atoms with van der Waals surface area (Å²) in [7, 11) is 0. The second kappa shape index (κ2) is 7.89. The van der Waals surface area contributed by atoms with Gasteiger partial charge in [0.15, 0.2) is 4.32 Å². The fourth-order valence-electron chi connectivity index (χ4n) is 3.09. The number of nitro groups is 1. The molecule has 0 unspecified atom stereocenters. The molecule has 3 aromatic rings. The van der Waals surface area contributed by atoms with E-state index in [2.05, 4.69) is 0 Å². The normalized spacial score (nSPS) is 15.3. The Hall–Kier alpha value is -3.23. The number of nitro benzene ring substituents is 1. The highest BCUT2D eigenvalue weighted by Crippen LogP contribution is 2.37. The van der Waals surface area contributed by atoms with Crippen LogP contribution in [-0.2, 0) is 4.79 Å². The van der Waals surface area contributed by atoms with Gasteiger partial charge in [-0.15, -0.1) is 0 Å². The maximum atomic E-state index is 12.9. The highest BCUT2D eigenvalue weighted by Gasteiger charge is 2.33. The number of thioether (sulfide) groups is 1. The number of anilines is 1. The van der Waals surface area contributed by atoms with E-state index < -0.39 is 4.92 Å². The molecular formula is C22H16N2O4S2. The van der Waals surface area contributed by atoms with Crippen molar-refractivity contribution < 1.29 is 14.1 Å². The maximum Gasteiger partial charge on any atom is 0.280 e. The molecular weight excluding hydrogens is 420 g/mol. The molecule has 150 valence electrons. The van der Waals surface area contributed by atoms with Gasteiger partial charge in [0.1, 0.15) is 11.5 Å². The first-order valence-corrected chi connectivity index (χ1v) is 10.3. The number of aryl methyl sites for hydroxylation is 2. The first kappa shape index (κ1) is 20.1. The Morgan fingerprint density at radius 2 is 1.77 bits per heavy atom. The topological polar surface area (TPSA) is 76.6 Å². The number of furan rings is 1. The van der Waals surface area contributed by atoms with Crippen molar-refractivity contribution in [2.24, 2.45) is 0 Å². The number of amides is 1. The lowest BCUT2D eigenvalue weighted by molar-refractivity contribution is -0.384. The monoisotopic (exact) mass is 436 g/mol. The maximum absolute atomic E-state index is 12.9. The summed E-state index contributed by atoms with van der Waals surface area (Å²) in [6.45, 7) is 3.77. The van der Waals surface area contributed by atoms with Crippen molar-refractivity contribution in [3.05, 3.63) is 86.5 Å². The number of carbonyl (C=O) groups is 1. The average molecular weight is 437 g/mol. The van der Waals surface area contributed by atoms with Gasteiger partial charge >= 0.3 is 0 Å². The van der Waals surface area contributed by atoms with E-state index in [1.807, 2.05) is 31.2 Å². The Labute approximate surface area is 182 Å². The lowest BCUT2D eigenvalue weighted by atomic mass is 10.1.